The first-order chi connectivity index (χ1) is 8.08. The van der Waals surface area contributed by atoms with Crippen molar-refractivity contribution >= 4 is 11.6 Å². The fourth-order valence-electron chi connectivity index (χ4n) is 1.83. The third-order valence-electron chi connectivity index (χ3n) is 3.20. The topological polar surface area (TPSA) is 21.3 Å². The van der Waals surface area contributed by atoms with Gasteiger partial charge in [0.15, 0.2) is 0 Å². The van der Waals surface area contributed by atoms with Crippen molar-refractivity contribution in [2.75, 3.05) is 7.11 Å². The minimum absolute atomic E-state index is 0.197. The van der Waals surface area contributed by atoms with E-state index in [2.05, 4.69) is 32.2 Å². The van der Waals surface area contributed by atoms with Crippen LogP contribution in [0, 0.1) is 0 Å². The lowest BCUT2D eigenvalue weighted by molar-refractivity contribution is 0.0841. The second-order valence-electron chi connectivity index (χ2n) is 4.41. The molecular weight excluding hydrogens is 234 g/mol. The Morgan fingerprint density at radius 1 is 1.35 bits per heavy atom. The molecule has 0 amide bonds. The maximum absolute atomic E-state index is 6.02. The van der Waals surface area contributed by atoms with Gasteiger partial charge in [-0.05, 0) is 38.0 Å². The average molecular weight is 256 g/mol. The van der Waals surface area contributed by atoms with Crippen LogP contribution < -0.4 is 5.32 Å². The highest BCUT2D eigenvalue weighted by Gasteiger charge is 2.16. The highest BCUT2D eigenvalue weighted by atomic mass is 35.5. The molecular formula is C14H22ClNO. The van der Waals surface area contributed by atoms with Crippen LogP contribution in [0.2, 0.25) is 5.02 Å². The van der Waals surface area contributed by atoms with Crippen molar-refractivity contribution in [2.45, 2.75) is 45.4 Å². The third-order valence-corrected chi connectivity index (χ3v) is 3.43. The first-order valence-corrected chi connectivity index (χ1v) is 6.50. The molecule has 17 heavy (non-hydrogen) atoms. The number of rotatable bonds is 6. The molecule has 0 fully saturated rings. The summed E-state index contributed by atoms with van der Waals surface area (Å²) in [7, 11) is 1.74. The van der Waals surface area contributed by atoms with E-state index < -0.39 is 0 Å². The molecule has 0 heterocycles. The van der Waals surface area contributed by atoms with Gasteiger partial charge in [0.1, 0.15) is 0 Å². The summed E-state index contributed by atoms with van der Waals surface area (Å²) in [4.78, 5) is 0. The van der Waals surface area contributed by atoms with E-state index in [9.17, 15) is 0 Å². The van der Waals surface area contributed by atoms with Gasteiger partial charge < -0.3 is 10.1 Å². The molecule has 96 valence electrons. The van der Waals surface area contributed by atoms with Crippen molar-refractivity contribution < 1.29 is 4.74 Å². The van der Waals surface area contributed by atoms with Crippen molar-refractivity contribution in [3.63, 3.8) is 0 Å². The van der Waals surface area contributed by atoms with Crippen LogP contribution in [-0.2, 0) is 4.74 Å². The van der Waals surface area contributed by atoms with Gasteiger partial charge in [0.2, 0.25) is 0 Å². The van der Waals surface area contributed by atoms with Crippen molar-refractivity contribution in [1.29, 1.82) is 0 Å². The molecule has 1 aromatic rings. The molecule has 1 rings (SSSR count). The lowest BCUT2D eigenvalue weighted by atomic mass is 10.0. The van der Waals surface area contributed by atoms with E-state index in [1.165, 1.54) is 5.56 Å². The normalized spacial score (nSPS) is 16.5. The Morgan fingerprint density at radius 3 is 2.59 bits per heavy atom. The Bertz CT molecular complexity index is 343. The Labute approximate surface area is 109 Å². The Hall–Kier alpha value is -0.570. The first kappa shape index (κ1) is 14.5. The highest BCUT2D eigenvalue weighted by Crippen LogP contribution is 2.21. The molecule has 0 saturated carbocycles. The van der Waals surface area contributed by atoms with E-state index in [1.807, 2.05) is 18.2 Å². The van der Waals surface area contributed by atoms with Gasteiger partial charge in [-0.2, -0.15) is 0 Å². The molecule has 0 radical (unpaired) electrons. The fraction of sp³-hybridized carbons (Fsp3) is 0.571. The fourth-order valence-corrected chi connectivity index (χ4v) is 2.03. The Morgan fingerprint density at radius 2 is 2.06 bits per heavy atom. The maximum atomic E-state index is 6.02. The minimum Gasteiger partial charge on any atom is -0.380 e. The summed E-state index contributed by atoms with van der Waals surface area (Å²) in [5.41, 5.74) is 1.23. The summed E-state index contributed by atoms with van der Waals surface area (Å²) >= 11 is 6.02. The molecule has 0 aromatic heterocycles. The average Bonchev–Trinajstić information content (AvgIpc) is 2.34. The van der Waals surface area contributed by atoms with E-state index in [1.54, 1.807) is 7.11 Å². The van der Waals surface area contributed by atoms with E-state index >= 15 is 0 Å². The SMILES string of the molecule is CCC(NC(C)C(C)OC)c1cccc(Cl)c1. The van der Waals surface area contributed by atoms with E-state index in [0.29, 0.717) is 12.1 Å². The molecule has 0 aliphatic rings. The molecule has 3 atom stereocenters. The van der Waals surface area contributed by atoms with Crippen LogP contribution in [0.1, 0.15) is 38.8 Å². The van der Waals surface area contributed by atoms with Crippen molar-refractivity contribution in [2.24, 2.45) is 0 Å². The van der Waals surface area contributed by atoms with Crippen molar-refractivity contribution in [3.05, 3.63) is 34.9 Å². The molecule has 0 spiro atoms. The Balaban J connectivity index is 2.72. The van der Waals surface area contributed by atoms with Crippen LogP contribution in [-0.4, -0.2) is 19.3 Å². The number of nitrogens with one attached hydrogen (secondary N) is 1. The van der Waals surface area contributed by atoms with E-state index in [4.69, 9.17) is 16.3 Å². The van der Waals surface area contributed by atoms with Gasteiger partial charge >= 0.3 is 0 Å². The van der Waals surface area contributed by atoms with Crippen LogP contribution in [0.15, 0.2) is 24.3 Å². The molecule has 0 aliphatic heterocycles. The van der Waals surface area contributed by atoms with Gasteiger partial charge in [0.05, 0.1) is 6.10 Å². The van der Waals surface area contributed by atoms with Crippen molar-refractivity contribution in [1.82, 2.24) is 5.32 Å². The Kier molecular flexibility index (Phi) is 5.96. The number of ether oxygens (including phenoxy) is 1. The van der Waals surface area contributed by atoms with Gasteiger partial charge in [-0.15, -0.1) is 0 Å². The largest absolute Gasteiger partial charge is 0.380 e. The highest BCUT2D eigenvalue weighted by molar-refractivity contribution is 6.30. The third kappa shape index (κ3) is 4.30. The van der Waals surface area contributed by atoms with Crippen LogP contribution in [0.4, 0.5) is 0 Å². The number of hydrogen-bond donors (Lipinski definition) is 1. The number of methoxy groups -OCH3 is 1. The van der Waals surface area contributed by atoms with Gasteiger partial charge in [-0.25, -0.2) is 0 Å². The minimum atomic E-state index is 0.197. The monoisotopic (exact) mass is 255 g/mol. The molecule has 3 heteroatoms. The zero-order chi connectivity index (χ0) is 12.8. The predicted molar refractivity (Wildman–Crippen MR) is 73.6 cm³/mol. The second-order valence-corrected chi connectivity index (χ2v) is 4.85. The first-order valence-electron chi connectivity index (χ1n) is 6.12. The van der Waals surface area contributed by atoms with Crippen molar-refractivity contribution in [3.8, 4) is 0 Å². The summed E-state index contributed by atoms with van der Waals surface area (Å²) in [6.07, 6.45) is 1.23. The van der Waals surface area contributed by atoms with Crippen LogP contribution in [0.5, 0.6) is 0 Å². The quantitative estimate of drug-likeness (QED) is 0.835. The molecule has 1 aromatic carbocycles. The standard InChI is InChI=1S/C14H22ClNO/c1-5-14(16-10(2)11(3)17-4)12-7-6-8-13(15)9-12/h6-11,14,16H,5H2,1-4H3. The molecule has 3 unspecified atom stereocenters. The summed E-state index contributed by atoms with van der Waals surface area (Å²) in [5.74, 6) is 0. The van der Waals surface area contributed by atoms with E-state index in [0.717, 1.165) is 11.4 Å². The van der Waals surface area contributed by atoms with Crippen LogP contribution in [0.3, 0.4) is 0 Å². The molecule has 0 saturated heterocycles. The van der Waals surface area contributed by atoms with Crippen LogP contribution in [0.25, 0.3) is 0 Å². The van der Waals surface area contributed by atoms with Gasteiger partial charge in [-0.1, -0.05) is 30.7 Å². The summed E-state index contributed by atoms with van der Waals surface area (Å²) in [6.45, 7) is 6.38. The van der Waals surface area contributed by atoms with Gasteiger partial charge in [-0.3, -0.25) is 0 Å². The van der Waals surface area contributed by atoms with Gasteiger partial charge in [0, 0.05) is 24.2 Å². The zero-order valence-corrected chi connectivity index (χ0v) is 11.8. The molecule has 0 bridgehead atoms. The number of benzene rings is 1. The summed E-state index contributed by atoms with van der Waals surface area (Å²) in [5, 5.41) is 4.36. The molecule has 1 N–H and O–H groups in total. The maximum Gasteiger partial charge on any atom is 0.0693 e. The summed E-state index contributed by atoms with van der Waals surface area (Å²) in [6, 6.07) is 8.65. The van der Waals surface area contributed by atoms with Crippen LogP contribution >= 0.6 is 11.6 Å². The lowest BCUT2D eigenvalue weighted by Gasteiger charge is -2.26. The number of hydrogen-bond acceptors (Lipinski definition) is 2. The number of halogens is 1. The smallest absolute Gasteiger partial charge is 0.0693 e. The van der Waals surface area contributed by atoms with E-state index in [-0.39, 0.29) is 6.10 Å². The lowest BCUT2D eigenvalue weighted by Crippen LogP contribution is -2.38. The zero-order valence-electron chi connectivity index (χ0n) is 11.0. The molecule has 0 aliphatic carbocycles. The molecule has 2 nitrogen and oxygen atoms in total. The predicted octanol–water partition coefficient (Wildman–Crippen LogP) is 3.80. The van der Waals surface area contributed by atoms with Gasteiger partial charge in [0.25, 0.3) is 0 Å². The second kappa shape index (κ2) is 7.00. The summed E-state index contributed by atoms with van der Waals surface area (Å²) < 4.78 is 5.33.